The Balaban J connectivity index is 2.07. The molecular weight excluding hydrogens is 185 g/mol. The first-order valence-corrected chi connectivity index (χ1v) is 5.34. The van der Waals surface area contributed by atoms with Gasteiger partial charge in [-0.15, -0.1) is 0 Å². The Morgan fingerprint density at radius 3 is 2.67 bits per heavy atom. The Hall–Kier alpha value is -1.34. The van der Waals surface area contributed by atoms with E-state index in [0.29, 0.717) is 11.6 Å². The van der Waals surface area contributed by atoms with E-state index >= 15 is 0 Å². The van der Waals surface area contributed by atoms with Gasteiger partial charge in [-0.2, -0.15) is 5.26 Å². The molecule has 0 saturated carbocycles. The van der Waals surface area contributed by atoms with Crippen molar-refractivity contribution in [2.24, 2.45) is 0 Å². The van der Waals surface area contributed by atoms with Gasteiger partial charge in [0.1, 0.15) is 11.8 Å². The molecule has 1 aromatic rings. The van der Waals surface area contributed by atoms with Crippen molar-refractivity contribution in [2.45, 2.75) is 18.8 Å². The van der Waals surface area contributed by atoms with E-state index in [0.717, 1.165) is 13.1 Å². The average molecular weight is 199 g/mol. The number of hydrogen-bond acceptors (Lipinski definition) is 3. The van der Waals surface area contributed by atoms with Crippen LogP contribution in [-0.4, -0.2) is 30.9 Å². The van der Waals surface area contributed by atoms with Crippen LogP contribution in [0.3, 0.4) is 0 Å². The van der Waals surface area contributed by atoms with Crippen LogP contribution in [-0.2, 0) is 0 Å². The molecule has 0 N–H and O–H groups in total. The molecule has 1 aromatic heterocycles. The minimum Gasteiger partial charge on any atom is -0.349 e. The molecule has 0 bridgehead atoms. The molecule has 0 aliphatic carbocycles. The fourth-order valence-electron chi connectivity index (χ4n) is 2.05. The maximum absolute atomic E-state index is 8.65. The number of aromatic nitrogens is 1. The summed E-state index contributed by atoms with van der Waals surface area (Å²) in [5.41, 5.74) is 1.79. The van der Waals surface area contributed by atoms with E-state index in [-0.39, 0.29) is 0 Å². The van der Waals surface area contributed by atoms with Crippen molar-refractivity contribution in [1.29, 1.82) is 5.26 Å². The van der Waals surface area contributed by atoms with Gasteiger partial charge >= 0.3 is 0 Å². The van der Waals surface area contributed by atoms with Crippen molar-refractivity contribution in [1.82, 2.24) is 9.79 Å². The molecule has 15 heavy (non-hydrogen) atoms. The minimum atomic E-state index is 0.506. The van der Waals surface area contributed by atoms with Crippen molar-refractivity contribution < 1.29 is 0 Å². The van der Waals surface area contributed by atoms with Crippen molar-refractivity contribution in [3.63, 3.8) is 0 Å². The molecule has 1 saturated heterocycles. The first kappa shape index (κ1) is 10.2. The van der Waals surface area contributed by atoms with E-state index in [1.807, 2.05) is 24.4 Å². The van der Waals surface area contributed by atoms with Crippen molar-refractivity contribution in [2.75, 3.05) is 13.1 Å². The van der Waals surface area contributed by atoms with Crippen LogP contribution < -0.4 is 0 Å². The van der Waals surface area contributed by atoms with Gasteiger partial charge in [-0.1, -0.05) is 6.07 Å². The lowest BCUT2D eigenvalue weighted by atomic mass is 9.89. The molecule has 1 aliphatic heterocycles. The molecule has 0 unspecified atom stereocenters. The van der Waals surface area contributed by atoms with E-state index in [9.17, 15) is 0 Å². The molecule has 2 heterocycles. The quantitative estimate of drug-likeness (QED) is 0.624. The largest absolute Gasteiger partial charge is 0.349 e. The Bertz CT molecular complexity index is 360. The molecule has 2 rings (SSSR count). The van der Waals surface area contributed by atoms with E-state index in [2.05, 4.69) is 17.8 Å². The normalized spacial score (nSPS) is 18.6. The zero-order chi connectivity index (χ0) is 10.7. The van der Waals surface area contributed by atoms with Gasteiger partial charge in [-0.25, -0.2) is 4.98 Å². The SMILES string of the molecule is BN1CCC(c2ccc(C#N)nc2)CC1. The Morgan fingerprint density at radius 1 is 1.40 bits per heavy atom. The third-order valence-corrected chi connectivity index (χ3v) is 3.09. The monoisotopic (exact) mass is 199 g/mol. The average Bonchev–Trinajstić information content (AvgIpc) is 2.30. The highest BCUT2D eigenvalue weighted by atomic mass is 15.0. The molecule has 3 nitrogen and oxygen atoms in total. The molecule has 1 aliphatic rings. The van der Waals surface area contributed by atoms with Crippen molar-refractivity contribution in [3.05, 3.63) is 29.6 Å². The molecule has 0 atom stereocenters. The number of piperidine rings is 1. The predicted octanol–water partition coefficient (Wildman–Crippen LogP) is 0.681. The smallest absolute Gasteiger partial charge is 0.185 e. The van der Waals surface area contributed by atoms with Crippen LogP contribution >= 0.6 is 0 Å². The highest BCUT2D eigenvalue weighted by molar-refractivity contribution is 6.04. The summed E-state index contributed by atoms with van der Waals surface area (Å²) in [6.45, 7) is 2.31. The summed E-state index contributed by atoms with van der Waals surface area (Å²) in [5.74, 6) is 0.626. The van der Waals surface area contributed by atoms with Crippen molar-refractivity contribution >= 4 is 7.98 Å². The fourth-order valence-corrected chi connectivity index (χ4v) is 2.05. The number of nitrogens with zero attached hydrogens (tertiary/aromatic N) is 3. The first-order valence-electron chi connectivity index (χ1n) is 5.34. The Morgan fingerprint density at radius 2 is 2.13 bits per heavy atom. The van der Waals surface area contributed by atoms with Gasteiger partial charge in [-0.05, 0) is 43.5 Å². The van der Waals surface area contributed by atoms with Crippen molar-refractivity contribution in [3.8, 4) is 6.07 Å². The molecule has 0 amide bonds. The molecular formula is C11H14BN3. The maximum Gasteiger partial charge on any atom is 0.185 e. The van der Waals surface area contributed by atoms with Gasteiger partial charge in [-0.3, -0.25) is 0 Å². The summed E-state index contributed by atoms with van der Waals surface area (Å²) in [6, 6.07) is 5.90. The summed E-state index contributed by atoms with van der Waals surface area (Å²) >= 11 is 0. The minimum absolute atomic E-state index is 0.506. The van der Waals surface area contributed by atoms with Crippen LogP contribution in [0.4, 0.5) is 0 Å². The lowest BCUT2D eigenvalue weighted by Crippen LogP contribution is -2.30. The standard InChI is InChI=1S/C11H14BN3/c12-15-5-3-9(4-6-15)10-1-2-11(7-13)14-8-10/h1-2,8-9H,3-6,12H2. The fraction of sp³-hybridized carbons (Fsp3) is 0.455. The highest BCUT2D eigenvalue weighted by Crippen LogP contribution is 2.26. The Labute approximate surface area is 91.2 Å². The molecule has 0 spiro atoms. The Kier molecular flexibility index (Phi) is 3.03. The summed E-state index contributed by atoms with van der Waals surface area (Å²) < 4.78 is 0. The summed E-state index contributed by atoms with van der Waals surface area (Å²) in [5, 5.41) is 8.65. The molecule has 0 radical (unpaired) electrons. The lowest BCUT2D eigenvalue weighted by Gasteiger charge is -2.29. The summed E-state index contributed by atoms with van der Waals surface area (Å²) in [6.07, 6.45) is 4.25. The van der Waals surface area contributed by atoms with Gasteiger partial charge < -0.3 is 4.81 Å². The van der Waals surface area contributed by atoms with Crippen LogP contribution in [0.25, 0.3) is 0 Å². The number of rotatable bonds is 1. The second-order valence-corrected chi connectivity index (χ2v) is 4.17. The van der Waals surface area contributed by atoms with Crippen LogP contribution in [0.5, 0.6) is 0 Å². The number of hydrogen-bond donors (Lipinski definition) is 0. The second-order valence-electron chi connectivity index (χ2n) is 4.17. The number of pyridine rings is 1. The molecule has 4 heteroatoms. The first-order chi connectivity index (χ1) is 7.29. The second kappa shape index (κ2) is 4.46. The van der Waals surface area contributed by atoms with Crippen LogP contribution in [0.2, 0.25) is 0 Å². The van der Waals surface area contributed by atoms with Gasteiger partial charge in [0, 0.05) is 6.20 Å². The molecule has 0 aromatic carbocycles. The number of nitriles is 1. The summed E-state index contributed by atoms with van der Waals surface area (Å²) in [7, 11) is 2.16. The predicted molar refractivity (Wildman–Crippen MR) is 61.0 cm³/mol. The zero-order valence-electron chi connectivity index (χ0n) is 8.98. The van der Waals surface area contributed by atoms with Gasteiger partial charge in [0.15, 0.2) is 7.98 Å². The maximum atomic E-state index is 8.65. The zero-order valence-corrected chi connectivity index (χ0v) is 8.98. The van der Waals surface area contributed by atoms with Crippen LogP contribution in [0.1, 0.15) is 30.0 Å². The summed E-state index contributed by atoms with van der Waals surface area (Å²) in [4.78, 5) is 6.47. The van der Waals surface area contributed by atoms with Crippen LogP contribution in [0.15, 0.2) is 18.3 Å². The molecule has 76 valence electrons. The van der Waals surface area contributed by atoms with E-state index in [1.54, 1.807) is 0 Å². The third-order valence-electron chi connectivity index (χ3n) is 3.09. The van der Waals surface area contributed by atoms with E-state index in [1.165, 1.54) is 18.4 Å². The van der Waals surface area contributed by atoms with E-state index < -0.39 is 0 Å². The highest BCUT2D eigenvalue weighted by Gasteiger charge is 2.18. The van der Waals surface area contributed by atoms with Gasteiger partial charge in [0.2, 0.25) is 0 Å². The lowest BCUT2D eigenvalue weighted by molar-refractivity contribution is 0.334. The molecule has 1 fully saturated rings. The van der Waals surface area contributed by atoms with E-state index in [4.69, 9.17) is 5.26 Å². The van der Waals surface area contributed by atoms with Gasteiger partial charge in [0.25, 0.3) is 0 Å². The third kappa shape index (κ3) is 2.37. The van der Waals surface area contributed by atoms with Crippen LogP contribution in [0, 0.1) is 11.3 Å². The van der Waals surface area contributed by atoms with Gasteiger partial charge in [0.05, 0.1) is 0 Å². The topological polar surface area (TPSA) is 39.9 Å².